The van der Waals surface area contributed by atoms with Gasteiger partial charge in [-0.2, -0.15) is 0 Å². The Balaban J connectivity index is 2.15. The molecule has 1 heterocycles. The topological polar surface area (TPSA) is 4.44 Å². The fourth-order valence-corrected chi connectivity index (χ4v) is 2.63. The first-order valence-electron chi connectivity index (χ1n) is 6.18. The molecule has 2 rings (SSSR count). The van der Waals surface area contributed by atoms with Gasteiger partial charge in [0.1, 0.15) is 11.6 Å². The van der Waals surface area contributed by atoms with E-state index < -0.39 is 11.6 Å². The zero-order valence-electron chi connectivity index (χ0n) is 10.7. The van der Waals surface area contributed by atoms with Gasteiger partial charge in [0.05, 0.1) is 18.6 Å². The molecular weight excluding hydrogens is 220 g/mol. The Bertz CT molecular complexity index is 409. The van der Waals surface area contributed by atoms with E-state index in [4.69, 9.17) is 0 Å². The molecule has 0 saturated carbocycles. The minimum Gasteiger partial charge on any atom is -0.330 e. The van der Waals surface area contributed by atoms with Crippen molar-refractivity contribution in [2.75, 3.05) is 13.1 Å². The third-order valence-electron chi connectivity index (χ3n) is 3.75. The number of likely N-dealkylation sites (tertiary alicyclic amines) is 1. The van der Waals surface area contributed by atoms with Crippen LogP contribution in [0.3, 0.4) is 0 Å². The predicted molar refractivity (Wildman–Crippen MR) is 64.2 cm³/mol. The number of hydrogen-bond donors (Lipinski definition) is 1. The van der Waals surface area contributed by atoms with E-state index in [0.29, 0.717) is 5.56 Å². The molecule has 1 saturated heterocycles. The van der Waals surface area contributed by atoms with Crippen LogP contribution in [-0.2, 0) is 0 Å². The summed E-state index contributed by atoms with van der Waals surface area (Å²) in [7, 11) is 0. The number of benzene rings is 1. The lowest BCUT2D eigenvalue weighted by Gasteiger charge is -2.28. The van der Waals surface area contributed by atoms with Crippen LogP contribution in [0, 0.1) is 11.6 Å². The van der Waals surface area contributed by atoms with Crippen molar-refractivity contribution in [3.8, 4) is 0 Å². The second-order valence-electron chi connectivity index (χ2n) is 5.96. The Hall–Kier alpha value is -0.960. The van der Waals surface area contributed by atoms with Gasteiger partial charge in [0.25, 0.3) is 0 Å². The van der Waals surface area contributed by atoms with E-state index in [1.54, 1.807) is 6.07 Å². The van der Waals surface area contributed by atoms with Crippen LogP contribution in [0.5, 0.6) is 0 Å². The monoisotopic (exact) mass is 240 g/mol. The second-order valence-corrected chi connectivity index (χ2v) is 5.96. The average molecular weight is 240 g/mol. The Morgan fingerprint density at radius 1 is 1.24 bits per heavy atom. The van der Waals surface area contributed by atoms with Crippen molar-refractivity contribution in [1.82, 2.24) is 0 Å². The number of nitrogens with one attached hydrogen (secondary N) is 1. The first-order chi connectivity index (χ1) is 7.88. The Morgan fingerprint density at radius 3 is 2.47 bits per heavy atom. The summed E-state index contributed by atoms with van der Waals surface area (Å²) in [5.74, 6) is -0.667. The molecule has 0 aliphatic carbocycles. The molecule has 0 bridgehead atoms. The Morgan fingerprint density at radius 2 is 1.94 bits per heavy atom. The van der Waals surface area contributed by atoms with Gasteiger partial charge in [-0.3, -0.25) is 0 Å². The maximum atomic E-state index is 13.7. The molecule has 17 heavy (non-hydrogen) atoms. The third-order valence-corrected chi connectivity index (χ3v) is 3.75. The highest BCUT2D eigenvalue weighted by atomic mass is 19.1. The Labute approximate surface area is 101 Å². The van der Waals surface area contributed by atoms with Crippen molar-refractivity contribution in [3.05, 3.63) is 35.4 Å². The van der Waals surface area contributed by atoms with Crippen LogP contribution in [0.15, 0.2) is 18.2 Å². The minimum absolute atomic E-state index is 0.200. The largest absolute Gasteiger partial charge is 0.330 e. The maximum absolute atomic E-state index is 13.7. The lowest BCUT2D eigenvalue weighted by molar-refractivity contribution is -0.935. The van der Waals surface area contributed by atoms with Crippen LogP contribution >= 0.6 is 0 Å². The summed E-state index contributed by atoms with van der Waals surface area (Å²) in [6, 6.07) is 3.94. The van der Waals surface area contributed by atoms with Gasteiger partial charge in [0.2, 0.25) is 0 Å². The molecule has 3 heteroatoms. The molecule has 0 amide bonds. The lowest BCUT2D eigenvalue weighted by atomic mass is 9.97. The van der Waals surface area contributed by atoms with Crippen LogP contribution in [0.25, 0.3) is 0 Å². The van der Waals surface area contributed by atoms with Crippen LogP contribution in [0.1, 0.15) is 38.7 Å². The summed E-state index contributed by atoms with van der Waals surface area (Å²) < 4.78 is 26.5. The first kappa shape index (κ1) is 12.5. The van der Waals surface area contributed by atoms with Crippen molar-refractivity contribution in [2.45, 2.75) is 38.6 Å². The summed E-state index contributed by atoms with van der Waals surface area (Å²) in [6.45, 7) is 8.60. The number of quaternary nitrogens is 1. The quantitative estimate of drug-likeness (QED) is 0.767. The number of halogens is 2. The maximum Gasteiger partial charge on any atom is 0.129 e. The van der Waals surface area contributed by atoms with E-state index in [1.165, 1.54) is 11.0 Å². The molecule has 1 N–H and O–H groups in total. The van der Waals surface area contributed by atoms with Gasteiger partial charge >= 0.3 is 0 Å². The van der Waals surface area contributed by atoms with Gasteiger partial charge in [-0.1, -0.05) is 6.07 Å². The molecule has 1 aromatic rings. The second kappa shape index (κ2) is 4.37. The Kier molecular flexibility index (Phi) is 3.21. The van der Waals surface area contributed by atoms with Crippen LogP contribution in [0.4, 0.5) is 8.78 Å². The molecule has 0 aromatic heterocycles. The van der Waals surface area contributed by atoms with E-state index in [9.17, 15) is 8.78 Å². The highest BCUT2D eigenvalue weighted by molar-refractivity contribution is 5.23. The van der Waals surface area contributed by atoms with E-state index in [-0.39, 0.29) is 11.5 Å². The summed E-state index contributed by atoms with van der Waals surface area (Å²) in [6.07, 6.45) is 0.981. The molecule has 2 unspecified atom stereocenters. The minimum atomic E-state index is -0.496. The summed E-state index contributed by atoms with van der Waals surface area (Å²) in [5, 5.41) is 0. The van der Waals surface area contributed by atoms with Crippen LogP contribution in [-0.4, -0.2) is 18.6 Å². The van der Waals surface area contributed by atoms with Gasteiger partial charge in [0.15, 0.2) is 0 Å². The smallest absolute Gasteiger partial charge is 0.129 e. The van der Waals surface area contributed by atoms with E-state index in [1.807, 2.05) is 0 Å². The van der Waals surface area contributed by atoms with Gasteiger partial charge in [-0.25, -0.2) is 8.78 Å². The van der Waals surface area contributed by atoms with Gasteiger partial charge in [-0.05, 0) is 32.4 Å². The summed E-state index contributed by atoms with van der Waals surface area (Å²) in [4.78, 5) is 1.49. The normalized spacial score (nSPS) is 25.2. The highest BCUT2D eigenvalue weighted by Gasteiger charge is 2.35. The molecule has 0 radical (unpaired) electrons. The van der Waals surface area contributed by atoms with Crippen molar-refractivity contribution < 1.29 is 13.7 Å². The molecule has 1 aliphatic heterocycles. The number of rotatable bonds is 1. The molecule has 1 nitrogen and oxygen atoms in total. The molecule has 2 atom stereocenters. The SMILES string of the molecule is CC(C)(C)[NH+]1CCC(c2ccc(F)cc2F)C1. The van der Waals surface area contributed by atoms with E-state index in [2.05, 4.69) is 20.8 Å². The molecular formula is C14H20F2N+. The zero-order chi connectivity index (χ0) is 12.6. The molecule has 1 aliphatic rings. The fourth-order valence-electron chi connectivity index (χ4n) is 2.63. The van der Waals surface area contributed by atoms with Crippen molar-refractivity contribution in [1.29, 1.82) is 0 Å². The van der Waals surface area contributed by atoms with Crippen LogP contribution in [0.2, 0.25) is 0 Å². The molecule has 1 fully saturated rings. The van der Waals surface area contributed by atoms with Crippen molar-refractivity contribution >= 4 is 0 Å². The molecule has 0 spiro atoms. The summed E-state index contributed by atoms with van der Waals surface area (Å²) >= 11 is 0. The van der Waals surface area contributed by atoms with Crippen molar-refractivity contribution in [3.63, 3.8) is 0 Å². The lowest BCUT2D eigenvalue weighted by Crippen LogP contribution is -3.17. The zero-order valence-corrected chi connectivity index (χ0v) is 10.7. The third kappa shape index (κ3) is 2.65. The summed E-state index contributed by atoms with van der Waals surface area (Å²) in [5.41, 5.74) is 0.872. The van der Waals surface area contributed by atoms with Gasteiger partial charge in [-0.15, -0.1) is 0 Å². The number of hydrogen-bond acceptors (Lipinski definition) is 0. The molecule has 1 aromatic carbocycles. The van der Waals surface area contributed by atoms with Crippen LogP contribution < -0.4 is 4.90 Å². The average Bonchev–Trinajstić information content (AvgIpc) is 2.65. The predicted octanol–water partition coefficient (Wildman–Crippen LogP) is 2.14. The van der Waals surface area contributed by atoms with E-state index in [0.717, 1.165) is 25.6 Å². The first-order valence-corrected chi connectivity index (χ1v) is 6.18. The highest BCUT2D eigenvalue weighted by Crippen LogP contribution is 2.24. The van der Waals surface area contributed by atoms with Gasteiger partial charge in [0, 0.05) is 18.4 Å². The van der Waals surface area contributed by atoms with Crippen molar-refractivity contribution in [2.24, 2.45) is 0 Å². The fraction of sp³-hybridized carbons (Fsp3) is 0.571. The van der Waals surface area contributed by atoms with Gasteiger partial charge < -0.3 is 4.90 Å². The standard InChI is InChI=1S/C14H19F2N/c1-14(2,3)17-7-6-10(9-17)12-5-4-11(15)8-13(12)16/h4-5,8,10H,6-7,9H2,1-3H3/p+1. The molecule has 94 valence electrons. The van der Waals surface area contributed by atoms with E-state index >= 15 is 0 Å².